The molecular formula is C18H21BrIN. The minimum Gasteiger partial charge on any atom is -0.309 e. The van der Waals surface area contributed by atoms with Crippen molar-refractivity contribution in [3.63, 3.8) is 0 Å². The normalized spacial score (nSPS) is 12.4. The van der Waals surface area contributed by atoms with Crippen molar-refractivity contribution in [1.29, 1.82) is 0 Å². The van der Waals surface area contributed by atoms with Crippen molar-refractivity contribution < 1.29 is 0 Å². The monoisotopic (exact) mass is 457 g/mol. The minimum absolute atomic E-state index is 0.227. The molecule has 0 bridgehead atoms. The van der Waals surface area contributed by atoms with Crippen molar-refractivity contribution in [3.05, 3.63) is 66.7 Å². The molecule has 1 atom stereocenters. The van der Waals surface area contributed by atoms with Gasteiger partial charge < -0.3 is 5.32 Å². The van der Waals surface area contributed by atoms with Crippen LogP contribution in [-0.2, 0) is 12.8 Å². The molecule has 21 heavy (non-hydrogen) atoms. The molecule has 112 valence electrons. The van der Waals surface area contributed by atoms with Gasteiger partial charge in [0.05, 0.1) is 6.04 Å². The molecule has 0 heterocycles. The third-order valence-electron chi connectivity index (χ3n) is 3.88. The summed E-state index contributed by atoms with van der Waals surface area (Å²) in [7, 11) is 2.03. The summed E-state index contributed by atoms with van der Waals surface area (Å²) in [5.41, 5.74) is 5.57. The summed E-state index contributed by atoms with van der Waals surface area (Å²) in [6.45, 7) is 4.45. The van der Waals surface area contributed by atoms with Gasteiger partial charge in [-0.15, -0.1) is 0 Å². The number of hydrogen-bond donors (Lipinski definition) is 1. The first kappa shape index (κ1) is 17.0. The number of rotatable bonds is 5. The second-order valence-corrected chi connectivity index (χ2v) is 7.20. The summed E-state index contributed by atoms with van der Waals surface area (Å²) in [5.74, 6) is 0. The lowest BCUT2D eigenvalue weighted by molar-refractivity contribution is 0.686. The molecule has 2 aromatic carbocycles. The number of halogens is 2. The second kappa shape index (κ2) is 7.75. The van der Waals surface area contributed by atoms with Crippen LogP contribution in [0.3, 0.4) is 0 Å². The van der Waals surface area contributed by atoms with Gasteiger partial charge in [-0.05, 0) is 82.9 Å². The standard InChI is InChI=1S/C18H21BrIN/c1-4-12-6-7-14(10-13(12)5-2)18(21-3)16-11-15(19)8-9-17(16)20/h6-11,18,21H,4-5H2,1-3H3. The van der Waals surface area contributed by atoms with Gasteiger partial charge in [0.25, 0.3) is 0 Å². The lowest BCUT2D eigenvalue weighted by atomic mass is 9.93. The highest BCUT2D eigenvalue weighted by Gasteiger charge is 2.16. The van der Waals surface area contributed by atoms with Gasteiger partial charge in [-0.2, -0.15) is 0 Å². The van der Waals surface area contributed by atoms with Crippen LogP contribution in [-0.4, -0.2) is 7.05 Å². The lowest BCUT2D eigenvalue weighted by Gasteiger charge is -2.21. The molecule has 0 fully saturated rings. The Balaban J connectivity index is 2.48. The van der Waals surface area contributed by atoms with Crippen LogP contribution in [0.2, 0.25) is 0 Å². The van der Waals surface area contributed by atoms with Crippen LogP contribution in [0.1, 0.15) is 42.1 Å². The summed E-state index contributed by atoms with van der Waals surface area (Å²) in [5, 5.41) is 3.47. The molecule has 0 amide bonds. The van der Waals surface area contributed by atoms with Gasteiger partial charge in [-0.25, -0.2) is 0 Å². The first-order valence-electron chi connectivity index (χ1n) is 7.34. The molecule has 1 unspecified atom stereocenters. The zero-order chi connectivity index (χ0) is 15.4. The summed E-state index contributed by atoms with van der Waals surface area (Å²) in [4.78, 5) is 0. The van der Waals surface area contributed by atoms with Crippen LogP contribution < -0.4 is 5.32 Å². The van der Waals surface area contributed by atoms with E-state index >= 15 is 0 Å². The van der Waals surface area contributed by atoms with Gasteiger partial charge in [0.15, 0.2) is 0 Å². The molecule has 0 aliphatic heterocycles. The van der Waals surface area contributed by atoms with E-state index in [1.165, 1.54) is 25.8 Å². The quantitative estimate of drug-likeness (QED) is 0.585. The fraction of sp³-hybridized carbons (Fsp3) is 0.333. The predicted molar refractivity (Wildman–Crippen MR) is 103 cm³/mol. The topological polar surface area (TPSA) is 12.0 Å². The maximum Gasteiger partial charge on any atom is 0.0585 e. The van der Waals surface area contributed by atoms with Crippen molar-refractivity contribution in [2.75, 3.05) is 7.05 Å². The van der Waals surface area contributed by atoms with E-state index in [1.807, 2.05) is 7.05 Å². The molecule has 3 heteroatoms. The van der Waals surface area contributed by atoms with Gasteiger partial charge in [-0.3, -0.25) is 0 Å². The fourth-order valence-corrected chi connectivity index (χ4v) is 3.76. The van der Waals surface area contributed by atoms with Crippen LogP contribution in [0.25, 0.3) is 0 Å². The third kappa shape index (κ3) is 3.88. The molecule has 0 spiro atoms. The number of benzene rings is 2. The number of hydrogen-bond acceptors (Lipinski definition) is 1. The molecule has 0 aromatic heterocycles. The largest absolute Gasteiger partial charge is 0.309 e. The summed E-state index contributed by atoms with van der Waals surface area (Å²) < 4.78 is 2.41. The summed E-state index contributed by atoms with van der Waals surface area (Å²) >= 11 is 6.00. The highest BCUT2D eigenvalue weighted by molar-refractivity contribution is 14.1. The molecule has 0 aliphatic rings. The Morgan fingerprint density at radius 2 is 1.76 bits per heavy atom. The van der Waals surface area contributed by atoms with Crippen molar-refractivity contribution in [1.82, 2.24) is 5.32 Å². The molecule has 1 N–H and O–H groups in total. The Morgan fingerprint density at radius 1 is 1.05 bits per heavy atom. The molecule has 0 radical (unpaired) electrons. The zero-order valence-corrected chi connectivity index (χ0v) is 16.5. The van der Waals surface area contributed by atoms with Crippen LogP contribution in [0, 0.1) is 3.57 Å². The Labute approximate surface area is 149 Å². The highest BCUT2D eigenvalue weighted by Crippen LogP contribution is 2.30. The molecule has 0 aliphatic carbocycles. The molecule has 2 rings (SSSR count). The van der Waals surface area contributed by atoms with Gasteiger partial charge in [0, 0.05) is 8.04 Å². The lowest BCUT2D eigenvalue weighted by Crippen LogP contribution is -2.19. The van der Waals surface area contributed by atoms with E-state index in [0.717, 1.165) is 17.3 Å². The second-order valence-electron chi connectivity index (χ2n) is 5.12. The van der Waals surface area contributed by atoms with Crippen LogP contribution in [0.5, 0.6) is 0 Å². The van der Waals surface area contributed by atoms with E-state index < -0.39 is 0 Å². The number of nitrogens with one attached hydrogen (secondary N) is 1. The molecule has 1 nitrogen and oxygen atoms in total. The Bertz CT molecular complexity index is 625. The predicted octanol–water partition coefficient (Wildman–Crippen LogP) is 5.49. The average Bonchev–Trinajstić information content (AvgIpc) is 2.51. The van der Waals surface area contributed by atoms with Crippen molar-refractivity contribution in [2.45, 2.75) is 32.7 Å². The molecule has 0 saturated carbocycles. The van der Waals surface area contributed by atoms with Crippen LogP contribution >= 0.6 is 38.5 Å². The number of aryl methyl sites for hydroxylation is 2. The third-order valence-corrected chi connectivity index (χ3v) is 5.36. The van der Waals surface area contributed by atoms with Crippen molar-refractivity contribution >= 4 is 38.5 Å². The SMILES string of the molecule is CCc1ccc(C(NC)c2cc(Br)ccc2I)cc1CC. The highest BCUT2D eigenvalue weighted by atomic mass is 127. The van der Waals surface area contributed by atoms with E-state index in [2.05, 4.69) is 94.1 Å². The zero-order valence-electron chi connectivity index (χ0n) is 12.7. The maximum absolute atomic E-state index is 3.59. The fourth-order valence-electron chi connectivity index (χ4n) is 2.74. The summed E-state index contributed by atoms with van der Waals surface area (Å²) in [6.07, 6.45) is 2.19. The first-order valence-corrected chi connectivity index (χ1v) is 9.21. The van der Waals surface area contributed by atoms with Crippen molar-refractivity contribution in [3.8, 4) is 0 Å². The molecule has 2 aromatic rings. The average molecular weight is 458 g/mol. The minimum atomic E-state index is 0.227. The van der Waals surface area contributed by atoms with Gasteiger partial charge >= 0.3 is 0 Å². The molecular weight excluding hydrogens is 437 g/mol. The van der Waals surface area contributed by atoms with Crippen LogP contribution in [0.15, 0.2) is 40.9 Å². The first-order chi connectivity index (χ1) is 10.1. The van der Waals surface area contributed by atoms with E-state index in [1.54, 1.807) is 0 Å². The van der Waals surface area contributed by atoms with Crippen molar-refractivity contribution in [2.24, 2.45) is 0 Å². The van der Waals surface area contributed by atoms with E-state index in [-0.39, 0.29) is 6.04 Å². The van der Waals surface area contributed by atoms with E-state index in [9.17, 15) is 0 Å². The Hall–Kier alpha value is -0.390. The molecule has 0 saturated heterocycles. The van der Waals surface area contributed by atoms with Gasteiger partial charge in [0.2, 0.25) is 0 Å². The smallest absolute Gasteiger partial charge is 0.0585 e. The Kier molecular flexibility index (Phi) is 6.26. The van der Waals surface area contributed by atoms with E-state index in [0.29, 0.717) is 0 Å². The van der Waals surface area contributed by atoms with Gasteiger partial charge in [-0.1, -0.05) is 48.0 Å². The van der Waals surface area contributed by atoms with Crippen LogP contribution in [0.4, 0.5) is 0 Å². The van der Waals surface area contributed by atoms with Gasteiger partial charge in [0.1, 0.15) is 0 Å². The summed E-state index contributed by atoms with van der Waals surface area (Å²) in [6, 6.07) is 13.6. The Morgan fingerprint density at radius 3 is 2.38 bits per heavy atom. The maximum atomic E-state index is 3.59. The van der Waals surface area contributed by atoms with E-state index in [4.69, 9.17) is 0 Å².